The first-order valence-corrected chi connectivity index (χ1v) is 3.95. The monoisotopic (exact) mass is 198 g/mol. The van der Waals surface area contributed by atoms with E-state index in [0.29, 0.717) is 12.2 Å². The van der Waals surface area contributed by atoms with Crippen LogP contribution in [0.4, 0.5) is 0 Å². The topological polar surface area (TPSA) is 97.1 Å². The average Bonchev–Trinajstić information content (AvgIpc) is 2.51. The van der Waals surface area contributed by atoms with Crippen LogP contribution in [0.15, 0.2) is 6.33 Å². The lowest BCUT2D eigenvalue weighted by atomic mass is 10.4. The van der Waals surface area contributed by atoms with Crippen molar-refractivity contribution < 1.29 is 14.7 Å². The summed E-state index contributed by atoms with van der Waals surface area (Å²) in [4.78, 5) is 24.6. The van der Waals surface area contributed by atoms with E-state index in [4.69, 9.17) is 5.11 Å². The van der Waals surface area contributed by atoms with Gasteiger partial charge in [-0.1, -0.05) is 0 Å². The number of nitrogens with one attached hydrogen (secondary N) is 1. The molecule has 0 aliphatic heterocycles. The number of aliphatic carboxylic acids is 1. The highest BCUT2D eigenvalue weighted by Gasteiger charge is 2.09. The molecular formula is C7H10N4O3. The Morgan fingerprint density at radius 1 is 1.64 bits per heavy atom. The molecule has 0 saturated carbocycles. The quantitative estimate of drug-likeness (QED) is 0.579. The van der Waals surface area contributed by atoms with E-state index in [1.165, 1.54) is 11.0 Å². The molecule has 2 N–H and O–H groups in total. The van der Waals surface area contributed by atoms with Gasteiger partial charge in [0, 0.05) is 20.0 Å². The molecule has 0 fully saturated rings. The lowest BCUT2D eigenvalue weighted by molar-refractivity contribution is -0.150. The summed E-state index contributed by atoms with van der Waals surface area (Å²) in [6.07, 6.45) is 1.95. The van der Waals surface area contributed by atoms with Crippen molar-refractivity contribution in [3.63, 3.8) is 0 Å². The van der Waals surface area contributed by atoms with E-state index in [1.807, 2.05) is 0 Å². The van der Waals surface area contributed by atoms with Crippen LogP contribution in [0.5, 0.6) is 0 Å². The third-order valence-electron chi connectivity index (χ3n) is 1.48. The summed E-state index contributed by atoms with van der Waals surface area (Å²) in [5.41, 5.74) is 0. The van der Waals surface area contributed by atoms with E-state index < -0.39 is 11.9 Å². The van der Waals surface area contributed by atoms with Gasteiger partial charge in [0.05, 0.1) is 0 Å². The number of aromatic nitrogens is 3. The molecule has 0 unspecified atom stereocenters. The maximum Gasteiger partial charge on any atom is 0.394 e. The highest BCUT2D eigenvalue weighted by Crippen LogP contribution is 1.87. The second-order valence-corrected chi connectivity index (χ2v) is 2.65. The van der Waals surface area contributed by atoms with E-state index >= 15 is 0 Å². The molecule has 0 spiro atoms. The standard InChI is InChI=1S/C7H10N4O3/c1-11-4-9-5(10-11)2-3-8-6(12)7(13)14/h4H,2-3H2,1H3,(H,8,12)(H,13,14). The predicted octanol–water partition coefficient (Wildman–Crippen LogP) is -1.44. The average molecular weight is 198 g/mol. The lowest BCUT2D eigenvalue weighted by Crippen LogP contribution is -2.32. The highest BCUT2D eigenvalue weighted by molar-refractivity contribution is 6.31. The molecular weight excluding hydrogens is 188 g/mol. The van der Waals surface area contributed by atoms with Gasteiger partial charge in [0.15, 0.2) is 5.82 Å². The van der Waals surface area contributed by atoms with Crippen molar-refractivity contribution in [2.75, 3.05) is 6.54 Å². The van der Waals surface area contributed by atoms with Crippen molar-refractivity contribution in [2.45, 2.75) is 6.42 Å². The van der Waals surface area contributed by atoms with Gasteiger partial charge in [0.2, 0.25) is 0 Å². The van der Waals surface area contributed by atoms with E-state index in [-0.39, 0.29) is 6.54 Å². The summed E-state index contributed by atoms with van der Waals surface area (Å²) in [6, 6.07) is 0. The number of aryl methyl sites for hydroxylation is 1. The maximum atomic E-state index is 10.6. The Morgan fingerprint density at radius 2 is 2.36 bits per heavy atom. The molecule has 1 heterocycles. The summed E-state index contributed by atoms with van der Waals surface area (Å²) < 4.78 is 1.54. The first-order chi connectivity index (χ1) is 6.59. The van der Waals surface area contributed by atoms with Gasteiger partial charge in [-0.3, -0.25) is 9.48 Å². The van der Waals surface area contributed by atoms with Crippen LogP contribution in [0.1, 0.15) is 5.82 Å². The Bertz CT molecular complexity index is 346. The number of carbonyl (C=O) groups is 2. The molecule has 7 heteroatoms. The molecule has 0 bridgehead atoms. The first-order valence-electron chi connectivity index (χ1n) is 3.95. The van der Waals surface area contributed by atoms with Crippen LogP contribution in [-0.4, -0.2) is 38.3 Å². The molecule has 14 heavy (non-hydrogen) atoms. The van der Waals surface area contributed by atoms with Crippen molar-refractivity contribution in [3.05, 3.63) is 12.2 Å². The zero-order valence-electron chi connectivity index (χ0n) is 7.60. The fourth-order valence-electron chi connectivity index (χ4n) is 0.862. The number of carbonyl (C=O) groups excluding carboxylic acids is 1. The third-order valence-corrected chi connectivity index (χ3v) is 1.48. The largest absolute Gasteiger partial charge is 0.474 e. The lowest BCUT2D eigenvalue weighted by Gasteiger charge is -1.97. The van der Waals surface area contributed by atoms with Gasteiger partial charge >= 0.3 is 11.9 Å². The van der Waals surface area contributed by atoms with Crippen molar-refractivity contribution in [2.24, 2.45) is 7.05 Å². The second kappa shape index (κ2) is 4.35. The zero-order chi connectivity index (χ0) is 10.6. The van der Waals surface area contributed by atoms with Gasteiger partial charge in [-0.05, 0) is 0 Å². The fourth-order valence-corrected chi connectivity index (χ4v) is 0.862. The second-order valence-electron chi connectivity index (χ2n) is 2.65. The van der Waals surface area contributed by atoms with Crippen molar-refractivity contribution in [1.29, 1.82) is 0 Å². The van der Waals surface area contributed by atoms with Crippen LogP contribution in [0, 0.1) is 0 Å². The van der Waals surface area contributed by atoms with Crippen LogP contribution in [0.25, 0.3) is 0 Å². The van der Waals surface area contributed by atoms with Gasteiger partial charge in [-0.25, -0.2) is 9.78 Å². The first kappa shape index (κ1) is 10.2. The molecule has 7 nitrogen and oxygen atoms in total. The van der Waals surface area contributed by atoms with Crippen LogP contribution >= 0.6 is 0 Å². The Morgan fingerprint density at radius 3 is 2.86 bits per heavy atom. The maximum absolute atomic E-state index is 10.6. The minimum atomic E-state index is -1.49. The molecule has 0 aliphatic rings. The van der Waals surface area contributed by atoms with E-state index in [2.05, 4.69) is 15.4 Å². The van der Waals surface area contributed by atoms with E-state index in [9.17, 15) is 9.59 Å². The molecule has 0 aromatic carbocycles. The minimum absolute atomic E-state index is 0.217. The molecule has 1 amide bonds. The zero-order valence-corrected chi connectivity index (χ0v) is 7.60. The SMILES string of the molecule is Cn1cnc(CCNC(=O)C(=O)O)n1. The summed E-state index contributed by atoms with van der Waals surface area (Å²) in [5.74, 6) is -1.93. The summed E-state index contributed by atoms with van der Waals surface area (Å²) in [6.45, 7) is 0.217. The van der Waals surface area contributed by atoms with Gasteiger partial charge in [0.25, 0.3) is 0 Å². The summed E-state index contributed by atoms with van der Waals surface area (Å²) >= 11 is 0. The number of carboxylic acids is 1. The number of amides is 1. The van der Waals surface area contributed by atoms with Crippen LogP contribution in [0.2, 0.25) is 0 Å². The van der Waals surface area contributed by atoms with Gasteiger partial charge in [0.1, 0.15) is 6.33 Å². The normalized spacial score (nSPS) is 9.79. The van der Waals surface area contributed by atoms with Crippen LogP contribution in [-0.2, 0) is 23.1 Å². The smallest absolute Gasteiger partial charge is 0.394 e. The molecule has 1 aromatic heterocycles. The van der Waals surface area contributed by atoms with Gasteiger partial charge in [-0.15, -0.1) is 0 Å². The molecule has 0 atom stereocenters. The van der Waals surface area contributed by atoms with Gasteiger partial charge in [-0.2, -0.15) is 5.10 Å². The van der Waals surface area contributed by atoms with E-state index in [1.54, 1.807) is 7.05 Å². The minimum Gasteiger partial charge on any atom is -0.474 e. The summed E-state index contributed by atoms with van der Waals surface area (Å²) in [5, 5.41) is 14.4. The number of hydrogen-bond acceptors (Lipinski definition) is 4. The molecule has 0 saturated heterocycles. The third kappa shape index (κ3) is 2.85. The molecule has 76 valence electrons. The number of nitrogens with zero attached hydrogens (tertiary/aromatic N) is 3. The Kier molecular flexibility index (Phi) is 3.16. The number of hydrogen-bond donors (Lipinski definition) is 2. The molecule has 1 rings (SSSR count). The summed E-state index contributed by atoms with van der Waals surface area (Å²) in [7, 11) is 1.73. The molecule has 0 aliphatic carbocycles. The van der Waals surface area contributed by atoms with Crippen LogP contribution in [0.3, 0.4) is 0 Å². The molecule has 1 aromatic rings. The predicted molar refractivity (Wildman–Crippen MR) is 45.4 cm³/mol. The van der Waals surface area contributed by atoms with E-state index in [0.717, 1.165) is 0 Å². The fraction of sp³-hybridized carbons (Fsp3) is 0.429. The van der Waals surface area contributed by atoms with Crippen molar-refractivity contribution in [1.82, 2.24) is 20.1 Å². The Labute approximate surface area is 79.8 Å². The van der Waals surface area contributed by atoms with Gasteiger partial charge < -0.3 is 10.4 Å². The highest BCUT2D eigenvalue weighted by atomic mass is 16.4. The molecule has 0 radical (unpaired) electrons. The number of carboxylic acid groups (broad SMARTS) is 1. The van der Waals surface area contributed by atoms with Crippen LogP contribution < -0.4 is 5.32 Å². The Balaban J connectivity index is 2.29. The number of rotatable bonds is 3. The van der Waals surface area contributed by atoms with Crippen molar-refractivity contribution in [3.8, 4) is 0 Å². The van der Waals surface area contributed by atoms with Crippen molar-refractivity contribution >= 4 is 11.9 Å². The Hall–Kier alpha value is -1.92.